The second-order valence-corrected chi connectivity index (χ2v) is 18.4. The number of rotatable bonds is 11. The van der Waals surface area contributed by atoms with Gasteiger partial charge in [-0.25, -0.2) is 0 Å². The predicted octanol–water partition coefficient (Wildman–Crippen LogP) is 8.18. The van der Waals surface area contributed by atoms with E-state index >= 15 is 0 Å². The van der Waals surface area contributed by atoms with Gasteiger partial charge in [0.25, 0.3) is 23.6 Å². The lowest BCUT2D eigenvalue weighted by Gasteiger charge is -2.20. The van der Waals surface area contributed by atoms with Crippen molar-refractivity contribution in [2.75, 3.05) is 39.3 Å². The fourth-order valence-electron chi connectivity index (χ4n) is 4.71. The summed E-state index contributed by atoms with van der Waals surface area (Å²) in [7, 11) is 1.63. The molecule has 4 amide bonds. The molecule has 0 spiro atoms. The molecule has 14 nitrogen and oxygen atoms in total. The third-order valence-electron chi connectivity index (χ3n) is 7.41. The van der Waals surface area contributed by atoms with Gasteiger partial charge in [0.15, 0.2) is 0 Å². The van der Waals surface area contributed by atoms with Crippen LogP contribution in [0.25, 0.3) is 0 Å². The quantitative estimate of drug-likeness (QED) is 0.0567. The van der Waals surface area contributed by atoms with E-state index < -0.39 is 0 Å². The third kappa shape index (κ3) is 27.0. The Bertz CT molecular complexity index is 1900. The molecule has 0 heterocycles. The summed E-state index contributed by atoms with van der Waals surface area (Å²) in [6.07, 6.45) is 0. The molecule has 0 aliphatic heterocycles. The topological polar surface area (TPSA) is 211 Å². The lowest BCUT2D eigenvalue weighted by Crippen LogP contribution is -2.40. The fourth-order valence-corrected chi connectivity index (χ4v) is 4.71. The van der Waals surface area contributed by atoms with Crippen LogP contribution in [-0.2, 0) is 4.74 Å². The van der Waals surface area contributed by atoms with E-state index in [9.17, 15) is 19.2 Å². The van der Waals surface area contributed by atoms with E-state index in [1.807, 2.05) is 83.1 Å². The molecule has 0 saturated heterocycles. The minimum Gasteiger partial charge on any atom is -0.508 e. The number of phenolic OH excluding ortho intramolecular Hbond substituents is 1. The molecule has 4 aromatic rings. The number of carbonyl (C=O) groups excluding carboxylic acids is 4. The average Bonchev–Trinajstić information content (AvgIpc) is 3.16. The molecule has 14 heteroatoms. The van der Waals surface area contributed by atoms with Gasteiger partial charge in [0.2, 0.25) is 0 Å². The van der Waals surface area contributed by atoms with Crippen molar-refractivity contribution in [1.29, 1.82) is 0 Å². The second kappa shape index (κ2) is 27.2. The number of nitrogen functional groups attached to an aromatic ring is 1. The van der Waals surface area contributed by atoms with Gasteiger partial charge in [0, 0.05) is 57.2 Å². The molecular weight excluding hydrogens is 815 g/mol. The highest BCUT2D eigenvalue weighted by Crippen LogP contribution is 2.15. The van der Waals surface area contributed by atoms with Crippen LogP contribution in [0.2, 0.25) is 0 Å². The number of anilines is 1. The number of methoxy groups -OCH3 is 1. The van der Waals surface area contributed by atoms with E-state index in [-0.39, 0.29) is 72.2 Å². The van der Waals surface area contributed by atoms with Crippen LogP contribution < -0.4 is 36.5 Å². The Labute approximate surface area is 381 Å². The summed E-state index contributed by atoms with van der Waals surface area (Å²) >= 11 is 0. The molecule has 0 aliphatic carbocycles. The maximum atomic E-state index is 11.9. The Morgan fingerprint density at radius 1 is 0.469 bits per heavy atom. The van der Waals surface area contributed by atoms with Crippen LogP contribution in [0.3, 0.4) is 0 Å². The largest absolute Gasteiger partial charge is 0.508 e. The van der Waals surface area contributed by atoms with E-state index in [0.717, 1.165) is 5.75 Å². The number of aliphatic hydroxyl groups excluding tert-OH is 1. The number of amides is 4. The first-order chi connectivity index (χ1) is 29.1. The van der Waals surface area contributed by atoms with E-state index in [1.54, 1.807) is 92.0 Å². The Balaban J connectivity index is 0.000000827. The van der Waals surface area contributed by atoms with Gasteiger partial charge >= 0.3 is 0 Å². The summed E-state index contributed by atoms with van der Waals surface area (Å²) in [5, 5.41) is 29.1. The molecule has 0 fully saturated rings. The summed E-state index contributed by atoms with van der Waals surface area (Å²) in [6, 6.07) is 27.0. The molecule has 8 N–H and O–H groups in total. The van der Waals surface area contributed by atoms with Crippen molar-refractivity contribution in [3.63, 3.8) is 0 Å². The first kappa shape index (κ1) is 57.9. The van der Waals surface area contributed by atoms with Crippen molar-refractivity contribution in [1.82, 2.24) is 21.3 Å². The van der Waals surface area contributed by atoms with E-state index in [0.29, 0.717) is 46.9 Å². The molecule has 0 aliphatic rings. The molecule has 0 atom stereocenters. The van der Waals surface area contributed by atoms with Crippen LogP contribution in [-0.4, -0.2) is 89.5 Å². The van der Waals surface area contributed by atoms with Crippen molar-refractivity contribution in [3.8, 4) is 17.2 Å². The van der Waals surface area contributed by atoms with Crippen LogP contribution in [0.5, 0.6) is 17.2 Å². The molecule has 4 rings (SSSR count). The fraction of sp³-hybridized carbons (Fsp3) is 0.440. The first-order valence-electron chi connectivity index (χ1n) is 20.6. The third-order valence-corrected chi connectivity index (χ3v) is 7.41. The van der Waals surface area contributed by atoms with Crippen molar-refractivity contribution >= 4 is 29.3 Å². The summed E-state index contributed by atoms with van der Waals surface area (Å²) in [4.78, 5) is 46.9. The maximum Gasteiger partial charge on any atom is 0.251 e. The van der Waals surface area contributed by atoms with Crippen LogP contribution in [0, 0.1) is 0 Å². The molecular formula is C50H75N5O9. The first-order valence-corrected chi connectivity index (χ1v) is 20.6. The molecule has 0 unspecified atom stereocenters. The minimum atomic E-state index is -0.247. The zero-order valence-electron chi connectivity index (χ0n) is 39.4. The number of nitrogens with one attached hydrogen (secondary N) is 4. The Morgan fingerprint density at radius 2 is 0.734 bits per heavy atom. The highest BCUT2D eigenvalue weighted by atomic mass is 16.5. The van der Waals surface area contributed by atoms with Gasteiger partial charge in [-0.1, -0.05) is 7.43 Å². The van der Waals surface area contributed by atoms with Gasteiger partial charge in [-0.05, 0) is 180 Å². The number of aliphatic hydroxyl groups is 1. The van der Waals surface area contributed by atoms with E-state index in [2.05, 4.69) is 21.3 Å². The number of carbonyl (C=O) groups is 4. The summed E-state index contributed by atoms with van der Waals surface area (Å²) in [6.45, 7) is 24.6. The Kier molecular flexibility index (Phi) is 24.6. The lowest BCUT2D eigenvalue weighted by molar-refractivity contribution is 0.0910. The van der Waals surface area contributed by atoms with E-state index in [4.69, 9.17) is 30.2 Å². The van der Waals surface area contributed by atoms with Crippen molar-refractivity contribution in [3.05, 3.63) is 119 Å². The Hall–Kier alpha value is -6.12. The van der Waals surface area contributed by atoms with Gasteiger partial charge in [0.1, 0.15) is 30.5 Å². The van der Waals surface area contributed by atoms with E-state index in [1.165, 1.54) is 12.1 Å². The molecule has 354 valence electrons. The maximum absolute atomic E-state index is 11.9. The minimum absolute atomic E-state index is 0. The Morgan fingerprint density at radius 3 is 1.00 bits per heavy atom. The number of ether oxygens (including phenoxy) is 3. The normalized spacial score (nSPS) is 10.9. The average molecular weight is 890 g/mol. The highest BCUT2D eigenvalue weighted by Gasteiger charge is 2.18. The zero-order chi connectivity index (χ0) is 48.0. The molecule has 0 saturated carbocycles. The van der Waals surface area contributed by atoms with Crippen LogP contribution >= 0.6 is 0 Å². The van der Waals surface area contributed by atoms with Crippen LogP contribution in [0.15, 0.2) is 97.1 Å². The molecule has 4 aromatic carbocycles. The molecule has 0 bridgehead atoms. The summed E-state index contributed by atoms with van der Waals surface area (Å²) in [5.74, 6) is 1.16. The van der Waals surface area contributed by atoms with Gasteiger partial charge in [0.05, 0.1) is 13.2 Å². The summed E-state index contributed by atoms with van der Waals surface area (Å²) < 4.78 is 15.5. The summed E-state index contributed by atoms with van der Waals surface area (Å²) in [5.41, 5.74) is 7.67. The number of nitrogens with two attached hydrogens (primary N) is 1. The lowest BCUT2D eigenvalue weighted by atomic mass is 10.1. The van der Waals surface area contributed by atoms with Gasteiger partial charge in [-0.3, -0.25) is 19.2 Å². The van der Waals surface area contributed by atoms with Gasteiger partial charge in [-0.15, -0.1) is 0 Å². The molecule has 64 heavy (non-hydrogen) atoms. The van der Waals surface area contributed by atoms with Gasteiger partial charge < -0.3 is 51.4 Å². The predicted molar refractivity (Wildman–Crippen MR) is 257 cm³/mol. The highest BCUT2D eigenvalue weighted by molar-refractivity contribution is 5.96. The smallest absolute Gasteiger partial charge is 0.251 e. The number of hydrogen-bond acceptors (Lipinski definition) is 10. The SMILES string of the molecule is C.CC(C)(C)NC(=O)c1ccc(N)cc1.CC(C)(C)NC(=O)c1ccc(O)cc1.CC(C)(C)NC(=O)c1ccc(OCCO)cc1.COCCOc1ccc(C(=O)NC(C)(C)C)cc1. The van der Waals surface area contributed by atoms with Crippen molar-refractivity contribution in [2.45, 2.75) is 113 Å². The standard InChI is InChI=1S/C14H21NO3.C13H19NO3.C11H16N2O.C11H15NO2.CH4/c1-14(2,3)15-13(16)11-5-7-12(8-6-11)18-10-9-17-4;1-13(2,3)14-12(16)10-4-6-11(7-5-10)17-9-8-15;1-11(2,3)13-10(14)8-4-6-9(12)7-5-8;1-11(2,3)12-10(14)8-4-6-9(13)7-5-8;/h5-8H,9-10H2,1-4H3,(H,15,16);4-7,15H,8-9H2,1-3H3,(H,14,16);4-7H,12H2,1-3H3,(H,13,14);4-7,13H,1-3H3,(H,12,14);1H4. The zero-order valence-corrected chi connectivity index (χ0v) is 39.4. The number of benzene rings is 4. The van der Waals surface area contributed by atoms with Crippen LogP contribution in [0.1, 0.15) is 132 Å². The molecule has 0 aromatic heterocycles. The number of hydrogen-bond donors (Lipinski definition) is 7. The second-order valence-electron chi connectivity index (χ2n) is 18.4. The van der Waals surface area contributed by atoms with Gasteiger partial charge in [-0.2, -0.15) is 0 Å². The van der Waals surface area contributed by atoms with Crippen molar-refractivity contribution < 1.29 is 43.6 Å². The molecule has 0 radical (unpaired) electrons. The number of aromatic hydroxyl groups is 1. The van der Waals surface area contributed by atoms with Crippen LogP contribution in [0.4, 0.5) is 5.69 Å². The van der Waals surface area contributed by atoms with Crippen molar-refractivity contribution in [2.24, 2.45) is 0 Å². The number of phenols is 1. The monoisotopic (exact) mass is 890 g/mol.